The van der Waals surface area contributed by atoms with E-state index in [-0.39, 0.29) is 21.1 Å². The molecule has 0 spiro atoms. The molecule has 4 heterocycles. The number of aromatic nitrogens is 6. The van der Waals surface area contributed by atoms with Crippen molar-refractivity contribution in [2.45, 2.75) is 6.42 Å². The molecule has 0 radical (unpaired) electrons. The molecular formula is C27H22N6Pt. The number of para-hydroxylation sites is 4. The molecule has 6 aromatic rings. The van der Waals surface area contributed by atoms with Gasteiger partial charge in [-0.2, -0.15) is 0 Å². The van der Waals surface area contributed by atoms with Crippen LogP contribution in [0.4, 0.5) is 0 Å². The number of imidazole rings is 2. The molecular weight excluding hydrogens is 603 g/mol. The predicted octanol–water partition coefficient (Wildman–Crippen LogP) is 5.17. The van der Waals surface area contributed by atoms with Crippen LogP contribution in [-0.2, 0) is 41.6 Å². The van der Waals surface area contributed by atoms with Crippen LogP contribution in [-0.4, -0.2) is 29.1 Å². The van der Waals surface area contributed by atoms with Crippen molar-refractivity contribution in [3.05, 3.63) is 96.3 Å². The number of rotatable bonds is 4. The normalized spacial score (nSPS) is 11.1. The van der Waals surface area contributed by atoms with Crippen LogP contribution in [0.2, 0.25) is 0 Å². The zero-order chi connectivity index (χ0) is 22.4. The zero-order valence-electron chi connectivity index (χ0n) is 18.8. The fraction of sp³-hybridized carbons (Fsp3) is 0.111. The largest absolute Gasteiger partial charge is 0.326 e. The molecule has 0 N–H and O–H groups in total. The molecule has 6 nitrogen and oxygen atoms in total. The summed E-state index contributed by atoms with van der Waals surface area (Å²) in [6.07, 6.45) is 0.634. The van der Waals surface area contributed by atoms with Gasteiger partial charge in [0.1, 0.15) is 11.4 Å². The number of fused-ring (bicyclic) bond motifs is 2. The molecule has 0 unspecified atom stereocenters. The van der Waals surface area contributed by atoms with E-state index in [9.17, 15) is 0 Å². The van der Waals surface area contributed by atoms with Gasteiger partial charge in [-0.05, 0) is 48.5 Å². The second-order valence-electron chi connectivity index (χ2n) is 8.17. The molecule has 0 saturated heterocycles. The minimum atomic E-state index is 0. The summed E-state index contributed by atoms with van der Waals surface area (Å²) in [6.45, 7) is 0. The summed E-state index contributed by atoms with van der Waals surface area (Å²) in [6, 6.07) is 28.4. The van der Waals surface area contributed by atoms with Gasteiger partial charge in [0.15, 0.2) is 11.6 Å². The van der Waals surface area contributed by atoms with E-state index in [4.69, 9.17) is 19.9 Å². The van der Waals surface area contributed by atoms with Gasteiger partial charge in [-0.1, -0.05) is 36.4 Å². The summed E-state index contributed by atoms with van der Waals surface area (Å²) in [5.41, 5.74) is 7.75. The van der Waals surface area contributed by atoms with Crippen LogP contribution < -0.4 is 0 Å². The first-order valence-corrected chi connectivity index (χ1v) is 10.9. The Hall–Kier alpha value is -3.63. The minimum absolute atomic E-state index is 0. The molecule has 0 aliphatic rings. The fourth-order valence-corrected chi connectivity index (χ4v) is 4.34. The molecule has 6 rings (SSSR count). The van der Waals surface area contributed by atoms with Gasteiger partial charge in [0.05, 0.1) is 22.1 Å². The first-order chi connectivity index (χ1) is 16.2. The van der Waals surface area contributed by atoms with Gasteiger partial charge >= 0.3 is 0 Å². The van der Waals surface area contributed by atoms with E-state index < -0.39 is 0 Å². The molecule has 0 aliphatic heterocycles. The van der Waals surface area contributed by atoms with Crippen LogP contribution in [0.15, 0.2) is 84.9 Å². The van der Waals surface area contributed by atoms with Crippen molar-refractivity contribution in [3.63, 3.8) is 0 Å². The molecule has 7 heteroatoms. The summed E-state index contributed by atoms with van der Waals surface area (Å²) in [5, 5.41) is 0. The van der Waals surface area contributed by atoms with Gasteiger partial charge < -0.3 is 9.13 Å². The Morgan fingerprint density at radius 3 is 1.41 bits per heavy atom. The van der Waals surface area contributed by atoms with Crippen LogP contribution >= 0.6 is 0 Å². The standard InChI is InChI=1S/C27H22N6.Pt/c1-32-24-15-5-3-11-20(24)30-26(32)22-13-7-9-18(28-22)17-19-10-8-14-23(29-19)27-31-21-12-4-6-16-25(21)33(27)2;/h3-16H,17H2,1-2H3;. The van der Waals surface area contributed by atoms with Crippen LogP contribution in [0, 0.1) is 0 Å². The van der Waals surface area contributed by atoms with E-state index in [0.29, 0.717) is 6.42 Å². The Kier molecular flexibility index (Phi) is 5.84. The predicted molar refractivity (Wildman–Crippen MR) is 131 cm³/mol. The first kappa shape index (κ1) is 22.2. The van der Waals surface area contributed by atoms with E-state index in [1.54, 1.807) is 0 Å². The number of hydrogen-bond donors (Lipinski definition) is 0. The van der Waals surface area contributed by atoms with Gasteiger partial charge in [-0.15, -0.1) is 0 Å². The van der Waals surface area contributed by atoms with Gasteiger partial charge in [-0.3, -0.25) is 0 Å². The SMILES string of the molecule is Cn1c(-c2cccc(Cc3cccc(-c4nc5ccccc5n4C)n3)n2)nc2ccccc21.[Pt]. The number of nitrogens with zero attached hydrogens (tertiary/aromatic N) is 6. The van der Waals surface area contributed by atoms with Crippen LogP contribution in [0.1, 0.15) is 11.4 Å². The Balaban J connectivity index is 0.00000241. The Bertz CT molecular complexity index is 1510. The quantitative estimate of drug-likeness (QED) is 0.271. The third-order valence-corrected chi connectivity index (χ3v) is 6.01. The zero-order valence-corrected chi connectivity index (χ0v) is 21.1. The molecule has 0 fully saturated rings. The Labute approximate surface area is 211 Å². The van der Waals surface area contributed by atoms with Gasteiger partial charge in [-0.25, -0.2) is 19.9 Å². The van der Waals surface area contributed by atoms with E-state index in [1.165, 1.54) is 0 Å². The molecule has 170 valence electrons. The average Bonchev–Trinajstić information content (AvgIpc) is 3.37. The van der Waals surface area contributed by atoms with Crippen molar-refractivity contribution < 1.29 is 21.1 Å². The molecule has 0 atom stereocenters. The maximum Gasteiger partial charge on any atom is 0.159 e. The van der Waals surface area contributed by atoms with E-state index in [1.807, 2.05) is 86.9 Å². The molecule has 0 aliphatic carbocycles. The molecule has 0 saturated carbocycles. The van der Waals surface area contributed by atoms with Crippen molar-refractivity contribution in [1.29, 1.82) is 0 Å². The van der Waals surface area contributed by atoms with Crippen LogP contribution in [0.5, 0.6) is 0 Å². The van der Waals surface area contributed by atoms with Crippen molar-refractivity contribution in [2.75, 3.05) is 0 Å². The summed E-state index contributed by atoms with van der Waals surface area (Å²) >= 11 is 0. The third kappa shape index (κ3) is 3.84. The molecule has 0 amide bonds. The second-order valence-corrected chi connectivity index (χ2v) is 8.17. The van der Waals surface area contributed by atoms with Crippen molar-refractivity contribution in [3.8, 4) is 23.0 Å². The van der Waals surface area contributed by atoms with Crippen molar-refractivity contribution in [2.24, 2.45) is 14.1 Å². The molecule has 2 aromatic carbocycles. The van der Waals surface area contributed by atoms with Gasteiger partial charge in [0.25, 0.3) is 0 Å². The number of benzene rings is 2. The second kappa shape index (κ2) is 8.96. The average molecular weight is 626 g/mol. The maximum absolute atomic E-state index is 4.90. The fourth-order valence-electron chi connectivity index (χ4n) is 4.34. The molecule has 34 heavy (non-hydrogen) atoms. The summed E-state index contributed by atoms with van der Waals surface area (Å²) < 4.78 is 4.18. The number of pyridine rings is 2. The summed E-state index contributed by atoms with van der Waals surface area (Å²) in [5.74, 6) is 1.72. The third-order valence-electron chi connectivity index (χ3n) is 6.01. The molecule has 0 bridgehead atoms. The summed E-state index contributed by atoms with van der Waals surface area (Å²) in [4.78, 5) is 19.4. The Morgan fingerprint density at radius 2 is 0.971 bits per heavy atom. The topological polar surface area (TPSA) is 61.4 Å². The first-order valence-electron chi connectivity index (χ1n) is 10.9. The smallest absolute Gasteiger partial charge is 0.159 e. The van der Waals surface area contributed by atoms with E-state index in [0.717, 1.165) is 56.5 Å². The van der Waals surface area contributed by atoms with E-state index in [2.05, 4.69) is 21.3 Å². The number of hydrogen-bond acceptors (Lipinski definition) is 4. The van der Waals surface area contributed by atoms with Crippen molar-refractivity contribution >= 4 is 22.1 Å². The number of aryl methyl sites for hydroxylation is 2. The minimum Gasteiger partial charge on any atom is -0.326 e. The van der Waals surface area contributed by atoms with Gasteiger partial charge in [0.2, 0.25) is 0 Å². The van der Waals surface area contributed by atoms with Crippen LogP contribution in [0.25, 0.3) is 45.1 Å². The summed E-state index contributed by atoms with van der Waals surface area (Å²) in [7, 11) is 4.06. The van der Waals surface area contributed by atoms with Crippen LogP contribution in [0.3, 0.4) is 0 Å². The molecule has 4 aromatic heterocycles. The van der Waals surface area contributed by atoms with Gasteiger partial charge in [0, 0.05) is 53.0 Å². The Morgan fingerprint density at radius 1 is 0.529 bits per heavy atom. The maximum atomic E-state index is 4.90. The van der Waals surface area contributed by atoms with E-state index >= 15 is 0 Å². The monoisotopic (exact) mass is 625 g/mol. The van der Waals surface area contributed by atoms with Crippen molar-refractivity contribution in [1.82, 2.24) is 29.1 Å².